The molecule has 0 aromatic carbocycles. The summed E-state index contributed by atoms with van der Waals surface area (Å²) in [5.41, 5.74) is 1.24. The van der Waals surface area contributed by atoms with Crippen LogP contribution in [0.4, 0.5) is 0 Å². The fraction of sp³-hybridized carbons (Fsp3) is 0.615. The van der Waals surface area contributed by atoms with Crippen molar-refractivity contribution < 1.29 is 9.53 Å². The van der Waals surface area contributed by atoms with Gasteiger partial charge in [-0.1, -0.05) is 0 Å². The molecule has 0 saturated carbocycles. The molecular weight excluding hydrogens is 328 g/mol. The van der Waals surface area contributed by atoms with E-state index >= 15 is 0 Å². The summed E-state index contributed by atoms with van der Waals surface area (Å²) in [6.07, 6.45) is 0. The number of morpholine rings is 1. The van der Waals surface area contributed by atoms with Crippen LogP contribution < -0.4 is 5.32 Å². The summed E-state index contributed by atoms with van der Waals surface area (Å²) in [6, 6.07) is 1.99. The minimum atomic E-state index is -0.153. The Bertz CT molecular complexity index is 424. The number of hydrogen-bond acceptors (Lipinski definition) is 4. The molecule has 0 radical (unpaired) electrons. The molecule has 0 unspecified atom stereocenters. The lowest BCUT2D eigenvalue weighted by molar-refractivity contribution is -0.137. The molecule has 6 heteroatoms. The normalized spacial score (nSPS) is 17.5. The molecule has 1 amide bonds. The Labute approximate surface area is 126 Å². The van der Waals surface area contributed by atoms with Crippen LogP contribution in [-0.4, -0.2) is 43.2 Å². The maximum absolute atomic E-state index is 12.2. The van der Waals surface area contributed by atoms with Crippen LogP contribution in [-0.2, 0) is 16.1 Å². The Hall–Kier alpha value is -0.430. The maximum atomic E-state index is 12.2. The van der Waals surface area contributed by atoms with Crippen LogP contribution in [0.3, 0.4) is 0 Å². The number of thiophene rings is 1. The predicted molar refractivity (Wildman–Crippen MR) is 80.5 cm³/mol. The van der Waals surface area contributed by atoms with Gasteiger partial charge in [0.05, 0.1) is 23.0 Å². The van der Waals surface area contributed by atoms with Crippen molar-refractivity contribution in [3.8, 4) is 0 Å². The smallest absolute Gasteiger partial charge is 0.239 e. The van der Waals surface area contributed by atoms with Gasteiger partial charge in [0.15, 0.2) is 0 Å². The second-order valence-corrected chi connectivity index (χ2v) is 7.16. The molecule has 2 rings (SSSR count). The Kier molecular flexibility index (Phi) is 5.38. The fourth-order valence-corrected chi connectivity index (χ4v) is 3.59. The number of carbonyl (C=O) groups excluding carboxylic acids is 1. The third-order valence-corrected chi connectivity index (χ3v) is 5.32. The Morgan fingerprint density at radius 2 is 2.26 bits per heavy atom. The summed E-state index contributed by atoms with van der Waals surface area (Å²) >= 11 is 5.23. The van der Waals surface area contributed by atoms with Crippen molar-refractivity contribution in [2.75, 3.05) is 26.3 Å². The Balaban J connectivity index is 1.83. The number of nitrogens with one attached hydrogen (secondary N) is 1. The monoisotopic (exact) mass is 346 g/mol. The highest BCUT2D eigenvalue weighted by atomic mass is 79.9. The number of rotatable bonds is 4. The first-order valence-corrected chi connectivity index (χ1v) is 8.03. The summed E-state index contributed by atoms with van der Waals surface area (Å²) in [6.45, 7) is 7.43. The van der Waals surface area contributed by atoms with Crippen LogP contribution in [0.1, 0.15) is 17.4 Å². The lowest BCUT2D eigenvalue weighted by atomic mass is 10.2. The third kappa shape index (κ3) is 4.02. The molecule has 19 heavy (non-hydrogen) atoms. The van der Waals surface area contributed by atoms with Gasteiger partial charge in [-0.25, -0.2) is 0 Å². The van der Waals surface area contributed by atoms with E-state index in [4.69, 9.17) is 4.74 Å². The summed E-state index contributed by atoms with van der Waals surface area (Å²) in [5.74, 6) is 0.163. The Morgan fingerprint density at radius 3 is 2.84 bits per heavy atom. The predicted octanol–water partition coefficient (Wildman–Crippen LogP) is 2.16. The molecule has 0 aliphatic carbocycles. The van der Waals surface area contributed by atoms with Gasteiger partial charge < -0.3 is 15.0 Å². The van der Waals surface area contributed by atoms with E-state index in [9.17, 15) is 4.79 Å². The minimum Gasteiger partial charge on any atom is -0.378 e. The molecular formula is C13H19BrN2O2S. The summed E-state index contributed by atoms with van der Waals surface area (Å²) in [4.78, 5) is 15.3. The van der Waals surface area contributed by atoms with E-state index in [1.807, 2.05) is 11.8 Å². The molecule has 1 aromatic heterocycles. The van der Waals surface area contributed by atoms with Gasteiger partial charge in [-0.05, 0) is 41.4 Å². The highest BCUT2D eigenvalue weighted by Crippen LogP contribution is 2.27. The quantitative estimate of drug-likeness (QED) is 0.908. The number of carbonyl (C=O) groups is 1. The van der Waals surface area contributed by atoms with E-state index in [1.54, 1.807) is 11.3 Å². The molecule has 1 N–H and O–H groups in total. The van der Waals surface area contributed by atoms with Gasteiger partial charge >= 0.3 is 0 Å². The number of hydrogen-bond donors (Lipinski definition) is 1. The van der Waals surface area contributed by atoms with Crippen LogP contribution >= 0.6 is 27.3 Å². The van der Waals surface area contributed by atoms with Gasteiger partial charge in [0, 0.05) is 24.5 Å². The van der Waals surface area contributed by atoms with Gasteiger partial charge in [-0.15, -0.1) is 11.3 Å². The molecule has 2 heterocycles. The first kappa shape index (κ1) is 15.0. The van der Waals surface area contributed by atoms with Gasteiger partial charge in [-0.2, -0.15) is 0 Å². The van der Waals surface area contributed by atoms with Crippen LogP contribution in [0, 0.1) is 6.92 Å². The number of halogens is 1. The Morgan fingerprint density at radius 1 is 1.58 bits per heavy atom. The van der Waals surface area contributed by atoms with Crippen LogP contribution in [0.2, 0.25) is 0 Å². The highest BCUT2D eigenvalue weighted by Gasteiger charge is 2.22. The molecule has 1 aromatic rings. The molecule has 0 bridgehead atoms. The number of ether oxygens (including phenoxy) is 1. The van der Waals surface area contributed by atoms with Gasteiger partial charge in [0.1, 0.15) is 0 Å². The van der Waals surface area contributed by atoms with Crippen LogP contribution in [0.15, 0.2) is 9.85 Å². The lowest BCUT2D eigenvalue weighted by Crippen LogP contribution is -2.48. The van der Waals surface area contributed by atoms with Crippen LogP contribution in [0.5, 0.6) is 0 Å². The molecule has 4 nitrogen and oxygen atoms in total. The summed E-state index contributed by atoms with van der Waals surface area (Å²) in [7, 11) is 0. The molecule has 106 valence electrons. The van der Waals surface area contributed by atoms with E-state index < -0.39 is 0 Å². The molecule has 1 aliphatic rings. The van der Waals surface area contributed by atoms with Crippen molar-refractivity contribution in [1.29, 1.82) is 0 Å². The number of aryl methyl sites for hydroxylation is 1. The van der Waals surface area contributed by atoms with Crippen LogP contribution in [0.25, 0.3) is 0 Å². The molecule has 1 saturated heterocycles. The largest absolute Gasteiger partial charge is 0.378 e. The van der Waals surface area contributed by atoms with E-state index in [2.05, 4.69) is 34.2 Å². The maximum Gasteiger partial charge on any atom is 0.239 e. The average Bonchev–Trinajstić information content (AvgIpc) is 2.75. The molecule has 1 aliphatic heterocycles. The van der Waals surface area contributed by atoms with E-state index in [1.165, 1.54) is 10.4 Å². The second kappa shape index (κ2) is 6.83. The van der Waals surface area contributed by atoms with Crippen molar-refractivity contribution in [2.45, 2.75) is 26.4 Å². The second-order valence-electron chi connectivity index (χ2n) is 4.71. The van der Waals surface area contributed by atoms with Crippen molar-refractivity contribution >= 4 is 33.2 Å². The zero-order valence-electron chi connectivity index (χ0n) is 11.2. The number of amides is 1. The first-order chi connectivity index (χ1) is 9.08. The van der Waals surface area contributed by atoms with Gasteiger partial charge in [0.25, 0.3) is 0 Å². The van der Waals surface area contributed by atoms with Gasteiger partial charge in [0.2, 0.25) is 5.91 Å². The summed E-state index contributed by atoms with van der Waals surface area (Å²) in [5, 5.41) is 3.29. The van der Waals surface area contributed by atoms with Crippen molar-refractivity contribution in [3.63, 3.8) is 0 Å². The zero-order valence-corrected chi connectivity index (χ0v) is 13.6. The van der Waals surface area contributed by atoms with E-state index in [0.29, 0.717) is 26.3 Å². The zero-order chi connectivity index (χ0) is 13.8. The highest BCUT2D eigenvalue weighted by molar-refractivity contribution is 9.11. The molecule has 1 atom stereocenters. The SMILES string of the molecule is Cc1cc(CN[C@@H](C)C(=O)N2CCOCC2)sc1Br. The van der Waals surface area contributed by atoms with E-state index in [0.717, 1.165) is 10.3 Å². The standard InChI is InChI=1S/C13H19BrN2O2S/c1-9-7-11(19-12(9)14)8-15-10(2)13(17)16-3-5-18-6-4-16/h7,10,15H,3-6,8H2,1-2H3/t10-/m0/s1. The van der Waals surface area contributed by atoms with Gasteiger partial charge in [-0.3, -0.25) is 4.79 Å². The fourth-order valence-electron chi connectivity index (χ4n) is 2.01. The third-order valence-electron chi connectivity index (χ3n) is 3.18. The molecule has 0 spiro atoms. The average molecular weight is 347 g/mol. The van der Waals surface area contributed by atoms with E-state index in [-0.39, 0.29) is 11.9 Å². The van der Waals surface area contributed by atoms with Crippen molar-refractivity contribution in [2.24, 2.45) is 0 Å². The lowest BCUT2D eigenvalue weighted by Gasteiger charge is -2.29. The topological polar surface area (TPSA) is 41.6 Å². The number of nitrogens with zero attached hydrogens (tertiary/aromatic N) is 1. The first-order valence-electron chi connectivity index (χ1n) is 6.42. The minimum absolute atomic E-state index is 0.153. The molecule has 1 fully saturated rings. The van der Waals surface area contributed by atoms with Crippen molar-refractivity contribution in [3.05, 3.63) is 20.3 Å². The van der Waals surface area contributed by atoms with Crippen molar-refractivity contribution in [1.82, 2.24) is 10.2 Å². The summed E-state index contributed by atoms with van der Waals surface area (Å²) < 4.78 is 6.42.